The van der Waals surface area contributed by atoms with Crippen LogP contribution >= 0.6 is 11.5 Å². The van der Waals surface area contributed by atoms with Crippen LogP contribution in [0.3, 0.4) is 0 Å². The summed E-state index contributed by atoms with van der Waals surface area (Å²) in [6.45, 7) is 7.60. The molecule has 0 N–H and O–H groups in total. The molecule has 2 aliphatic heterocycles. The van der Waals surface area contributed by atoms with E-state index >= 15 is 0 Å². The number of piperazine rings is 1. The van der Waals surface area contributed by atoms with Crippen LogP contribution in [0.5, 0.6) is 0 Å². The van der Waals surface area contributed by atoms with Gasteiger partial charge in [0.1, 0.15) is 0 Å². The van der Waals surface area contributed by atoms with Crippen LogP contribution in [-0.2, 0) is 14.8 Å². The maximum atomic E-state index is 12.8. The van der Waals surface area contributed by atoms with E-state index in [0.29, 0.717) is 16.8 Å². The molecule has 3 heterocycles. The smallest absolute Gasteiger partial charge is 0.254 e. The second-order valence-electron chi connectivity index (χ2n) is 6.09. The molecule has 0 amide bonds. The van der Waals surface area contributed by atoms with Gasteiger partial charge in [0.05, 0.1) is 5.69 Å². The standard InChI is InChI=1S/C14H23N3O3S2/c1-11-9-14(21-15-11)22(18,19)17-6-5-16(10-12(17)2)13-3-7-20-8-4-13/h9,12-13H,3-8,10H2,1-2H3/t12-/m0/s1. The van der Waals surface area contributed by atoms with Crippen LogP contribution < -0.4 is 0 Å². The fourth-order valence-corrected chi connectivity index (χ4v) is 5.98. The normalized spacial score (nSPS) is 26.4. The summed E-state index contributed by atoms with van der Waals surface area (Å²) in [5, 5.41) is 0. The van der Waals surface area contributed by atoms with Crippen LogP contribution in [0.25, 0.3) is 0 Å². The average Bonchev–Trinajstić information content (AvgIpc) is 2.95. The van der Waals surface area contributed by atoms with Gasteiger partial charge in [-0.15, -0.1) is 0 Å². The molecule has 0 saturated carbocycles. The lowest BCUT2D eigenvalue weighted by atomic mass is 10.1. The summed E-state index contributed by atoms with van der Waals surface area (Å²) in [4.78, 5) is 2.43. The highest BCUT2D eigenvalue weighted by molar-refractivity contribution is 7.91. The van der Waals surface area contributed by atoms with Gasteiger partial charge < -0.3 is 4.74 Å². The number of ether oxygens (including phenoxy) is 1. The highest BCUT2D eigenvalue weighted by Crippen LogP contribution is 2.26. The quantitative estimate of drug-likeness (QED) is 0.827. The van der Waals surface area contributed by atoms with Crippen LogP contribution in [0, 0.1) is 6.92 Å². The summed E-state index contributed by atoms with van der Waals surface area (Å²) in [6.07, 6.45) is 2.10. The van der Waals surface area contributed by atoms with E-state index < -0.39 is 10.0 Å². The van der Waals surface area contributed by atoms with Crippen molar-refractivity contribution < 1.29 is 13.2 Å². The van der Waals surface area contributed by atoms with Gasteiger partial charge in [0.25, 0.3) is 10.0 Å². The summed E-state index contributed by atoms with van der Waals surface area (Å²) < 4.78 is 37.0. The molecule has 8 heteroatoms. The fraction of sp³-hybridized carbons (Fsp3) is 0.786. The van der Waals surface area contributed by atoms with Crippen molar-refractivity contribution in [3.05, 3.63) is 11.8 Å². The topological polar surface area (TPSA) is 62.7 Å². The Bertz CT molecular complexity index is 611. The van der Waals surface area contributed by atoms with Gasteiger partial charge in [0, 0.05) is 44.9 Å². The van der Waals surface area contributed by atoms with E-state index in [-0.39, 0.29) is 6.04 Å². The zero-order chi connectivity index (χ0) is 15.7. The Labute approximate surface area is 136 Å². The third-order valence-electron chi connectivity index (χ3n) is 4.47. The highest BCUT2D eigenvalue weighted by atomic mass is 32.2. The minimum atomic E-state index is -3.41. The van der Waals surface area contributed by atoms with Gasteiger partial charge in [-0.05, 0) is 44.3 Å². The fourth-order valence-electron chi connectivity index (χ4n) is 3.29. The van der Waals surface area contributed by atoms with Gasteiger partial charge in [-0.1, -0.05) is 0 Å². The largest absolute Gasteiger partial charge is 0.381 e. The van der Waals surface area contributed by atoms with Gasteiger partial charge >= 0.3 is 0 Å². The maximum absolute atomic E-state index is 12.8. The van der Waals surface area contributed by atoms with Gasteiger partial charge in [-0.25, -0.2) is 8.42 Å². The second-order valence-corrected chi connectivity index (χ2v) is 9.01. The van der Waals surface area contributed by atoms with E-state index in [1.807, 2.05) is 13.8 Å². The first-order valence-electron chi connectivity index (χ1n) is 7.75. The highest BCUT2D eigenvalue weighted by Gasteiger charge is 2.36. The first-order chi connectivity index (χ1) is 10.5. The van der Waals surface area contributed by atoms with Crippen LogP contribution in [0.2, 0.25) is 0 Å². The molecule has 0 aliphatic carbocycles. The van der Waals surface area contributed by atoms with Gasteiger partial charge in [-0.2, -0.15) is 8.68 Å². The van der Waals surface area contributed by atoms with E-state index in [9.17, 15) is 8.42 Å². The van der Waals surface area contributed by atoms with Crippen LogP contribution in [0.15, 0.2) is 10.3 Å². The zero-order valence-corrected chi connectivity index (χ0v) is 14.7. The number of sulfonamides is 1. The lowest BCUT2D eigenvalue weighted by Crippen LogP contribution is -2.57. The minimum Gasteiger partial charge on any atom is -0.381 e. The van der Waals surface area contributed by atoms with Crippen LogP contribution in [0.4, 0.5) is 0 Å². The number of hydrogen-bond acceptors (Lipinski definition) is 6. The van der Waals surface area contributed by atoms with Gasteiger partial charge in [0.15, 0.2) is 4.21 Å². The monoisotopic (exact) mass is 345 g/mol. The molecule has 124 valence electrons. The summed E-state index contributed by atoms with van der Waals surface area (Å²) in [5.41, 5.74) is 0.761. The molecular weight excluding hydrogens is 322 g/mol. The van der Waals surface area contributed by atoms with Crippen molar-refractivity contribution in [1.82, 2.24) is 13.6 Å². The molecule has 6 nitrogen and oxygen atoms in total. The Kier molecular flexibility index (Phi) is 4.84. The van der Waals surface area contributed by atoms with Crippen LogP contribution in [-0.4, -0.2) is 66.9 Å². The van der Waals surface area contributed by atoms with E-state index in [0.717, 1.165) is 56.4 Å². The van der Waals surface area contributed by atoms with Crippen molar-refractivity contribution in [2.75, 3.05) is 32.8 Å². The van der Waals surface area contributed by atoms with Crippen molar-refractivity contribution in [3.63, 3.8) is 0 Å². The van der Waals surface area contributed by atoms with E-state index in [1.165, 1.54) is 0 Å². The molecule has 1 atom stereocenters. The Balaban J connectivity index is 1.70. The lowest BCUT2D eigenvalue weighted by molar-refractivity contribution is 0.0137. The molecule has 1 aromatic heterocycles. The van der Waals surface area contributed by atoms with Crippen molar-refractivity contribution in [2.24, 2.45) is 0 Å². The Morgan fingerprint density at radius 1 is 1.32 bits per heavy atom. The SMILES string of the molecule is Cc1cc(S(=O)(=O)N2CCN(C3CCOCC3)C[C@@H]2C)sn1. The van der Waals surface area contributed by atoms with Gasteiger partial charge in [-0.3, -0.25) is 4.90 Å². The summed E-state index contributed by atoms with van der Waals surface area (Å²) in [7, 11) is -3.41. The number of hydrogen-bond donors (Lipinski definition) is 0. The van der Waals surface area contributed by atoms with E-state index in [1.54, 1.807) is 10.4 Å². The molecule has 2 aliphatic rings. The summed E-state index contributed by atoms with van der Waals surface area (Å²) >= 11 is 1.07. The number of rotatable bonds is 3. The molecule has 0 radical (unpaired) electrons. The van der Waals surface area contributed by atoms with Gasteiger partial charge in [0.2, 0.25) is 0 Å². The number of aryl methyl sites for hydroxylation is 1. The summed E-state index contributed by atoms with van der Waals surface area (Å²) in [5.74, 6) is 0. The average molecular weight is 345 g/mol. The lowest BCUT2D eigenvalue weighted by Gasteiger charge is -2.43. The Hall–Kier alpha value is -0.540. The first kappa shape index (κ1) is 16.3. The zero-order valence-electron chi connectivity index (χ0n) is 13.1. The minimum absolute atomic E-state index is 0.0102. The molecule has 2 fully saturated rings. The van der Waals surface area contributed by atoms with E-state index in [2.05, 4.69) is 9.27 Å². The predicted molar refractivity (Wildman–Crippen MR) is 85.6 cm³/mol. The molecule has 22 heavy (non-hydrogen) atoms. The molecule has 2 saturated heterocycles. The molecule has 1 aromatic rings. The Morgan fingerprint density at radius 2 is 2.05 bits per heavy atom. The molecule has 0 unspecified atom stereocenters. The molecule has 0 bridgehead atoms. The maximum Gasteiger partial charge on any atom is 0.254 e. The molecule has 3 rings (SSSR count). The van der Waals surface area contributed by atoms with Crippen molar-refractivity contribution in [2.45, 2.75) is 43.0 Å². The Morgan fingerprint density at radius 3 is 2.64 bits per heavy atom. The second kappa shape index (κ2) is 6.52. The predicted octanol–water partition coefficient (Wildman–Crippen LogP) is 1.33. The van der Waals surface area contributed by atoms with Crippen LogP contribution in [0.1, 0.15) is 25.5 Å². The first-order valence-corrected chi connectivity index (χ1v) is 9.97. The third-order valence-corrected chi connectivity index (χ3v) is 7.79. The number of aromatic nitrogens is 1. The summed E-state index contributed by atoms with van der Waals surface area (Å²) in [6, 6.07) is 2.19. The van der Waals surface area contributed by atoms with E-state index in [4.69, 9.17) is 4.74 Å². The molecule has 0 aromatic carbocycles. The van der Waals surface area contributed by atoms with Crippen molar-refractivity contribution in [3.8, 4) is 0 Å². The number of nitrogens with zero attached hydrogens (tertiary/aromatic N) is 3. The molecular formula is C14H23N3O3S2. The third kappa shape index (κ3) is 3.21. The van der Waals surface area contributed by atoms with Crippen molar-refractivity contribution in [1.29, 1.82) is 0 Å². The molecule has 0 spiro atoms. The van der Waals surface area contributed by atoms with Crippen molar-refractivity contribution >= 4 is 21.6 Å².